The van der Waals surface area contributed by atoms with Gasteiger partial charge in [-0.3, -0.25) is 9.59 Å². The SMILES string of the molecule is CCC(O)=C1C(=O)CC(c2c(C)cc(C)c(SC)c2C)CC1=O. The van der Waals surface area contributed by atoms with Gasteiger partial charge >= 0.3 is 0 Å². The molecule has 0 aliphatic heterocycles. The van der Waals surface area contributed by atoms with Gasteiger partial charge in [0.2, 0.25) is 0 Å². The molecule has 1 fully saturated rings. The van der Waals surface area contributed by atoms with Gasteiger partial charge in [-0.25, -0.2) is 0 Å². The van der Waals surface area contributed by atoms with E-state index in [0.29, 0.717) is 19.3 Å². The van der Waals surface area contributed by atoms with Crippen LogP contribution in [0, 0.1) is 20.8 Å². The van der Waals surface area contributed by atoms with E-state index in [9.17, 15) is 14.7 Å². The molecule has 1 aromatic rings. The van der Waals surface area contributed by atoms with Crippen LogP contribution in [0.25, 0.3) is 0 Å². The Labute approximate surface area is 142 Å². The van der Waals surface area contributed by atoms with Crippen molar-refractivity contribution in [2.45, 2.75) is 57.8 Å². The number of carbonyl (C=O) groups excluding carboxylic acids is 2. The van der Waals surface area contributed by atoms with Crippen LogP contribution in [-0.2, 0) is 9.59 Å². The van der Waals surface area contributed by atoms with Crippen molar-refractivity contribution in [1.82, 2.24) is 0 Å². The van der Waals surface area contributed by atoms with Gasteiger partial charge in [0.1, 0.15) is 5.76 Å². The summed E-state index contributed by atoms with van der Waals surface area (Å²) in [7, 11) is 0. The summed E-state index contributed by atoms with van der Waals surface area (Å²) in [5, 5.41) is 9.84. The van der Waals surface area contributed by atoms with E-state index in [-0.39, 0.29) is 28.8 Å². The monoisotopic (exact) mass is 332 g/mol. The number of hydrogen-bond acceptors (Lipinski definition) is 4. The van der Waals surface area contributed by atoms with E-state index in [1.807, 2.05) is 13.2 Å². The summed E-state index contributed by atoms with van der Waals surface area (Å²) in [5.41, 5.74) is 4.69. The maximum atomic E-state index is 12.4. The molecule has 0 amide bonds. The van der Waals surface area contributed by atoms with Gasteiger partial charge in [-0.05, 0) is 55.2 Å². The van der Waals surface area contributed by atoms with Crippen LogP contribution in [0.2, 0.25) is 0 Å². The molecule has 1 aliphatic carbocycles. The molecule has 1 aromatic carbocycles. The van der Waals surface area contributed by atoms with Gasteiger partial charge in [-0.1, -0.05) is 13.0 Å². The van der Waals surface area contributed by atoms with Gasteiger partial charge in [0, 0.05) is 24.2 Å². The van der Waals surface area contributed by atoms with Crippen molar-refractivity contribution in [2.75, 3.05) is 6.26 Å². The van der Waals surface area contributed by atoms with E-state index >= 15 is 0 Å². The standard InChI is InChI=1S/C19H24O3S/c1-6-14(20)18-15(21)8-13(9-16(18)22)17-10(2)7-11(3)19(23-5)12(17)4/h7,13,20H,6,8-9H2,1-5H3. The number of benzene rings is 1. The molecule has 1 saturated carbocycles. The Hall–Kier alpha value is -1.55. The Kier molecular flexibility index (Phi) is 5.35. The smallest absolute Gasteiger partial charge is 0.170 e. The highest BCUT2D eigenvalue weighted by molar-refractivity contribution is 7.98. The Morgan fingerprint density at radius 2 is 1.74 bits per heavy atom. The number of aliphatic hydroxyl groups excluding tert-OH is 1. The van der Waals surface area contributed by atoms with Gasteiger partial charge < -0.3 is 5.11 Å². The Morgan fingerprint density at radius 3 is 2.22 bits per heavy atom. The third-order valence-electron chi connectivity index (χ3n) is 4.62. The summed E-state index contributed by atoms with van der Waals surface area (Å²) in [4.78, 5) is 26.0. The normalized spacial score (nSPS) is 18.5. The van der Waals surface area contributed by atoms with Gasteiger partial charge in [-0.2, -0.15) is 0 Å². The molecule has 23 heavy (non-hydrogen) atoms. The number of aliphatic hydroxyl groups is 1. The van der Waals surface area contributed by atoms with Gasteiger partial charge in [0.05, 0.1) is 5.57 Å². The third-order valence-corrected chi connectivity index (χ3v) is 5.65. The van der Waals surface area contributed by atoms with E-state index in [1.54, 1.807) is 18.7 Å². The first-order chi connectivity index (χ1) is 10.8. The highest BCUT2D eigenvalue weighted by Gasteiger charge is 2.35. The predicted octanol–water partition coefficient (Wildman–Crippen LogP) is 4.57. The molecule has 0 unspecified atom stereocenters. The highest BCUT2D eigenvalue weighted by Crippen LogP contribution is 2.39. The average molecular weight is 332 g/mol. The molecular formula is C19H24O3S. The summed E-state index contributed by atoms with van der Waals surface area (Å²) in [5.74, 6) is -0.609. The van der Waals surface area contributed by atoms with Crippen LogP contribution in [0.1, 0.15) is 54.4 Å². The fourth-order valence-electron chi connectivity index (χ4n) is 3.71. The largest absolute Gasteiger partial charge is 0.511 e. The van der Waals surface area contributed by atoms with Crippen LogP contribution in [-0.4, -0.2) is 22.9 Å². The van der Waals surface area contributed by atoms with Gasteiger partial charge in [-0.15, -0.1) is 11.8 Å². The number of rotatable bonds is 3. The number of Topliss-reactive ketones (excluding diaryl/α,β-unsaturated/α-hetero) is 2. The molecule has 124 valence electrons. The number of ketones is 2. The molecule has 0 spiro atoms. The lowest BCUT2D eigenvalue weighted by Gasteiger charge is -2.27. The van der Waals surface area contributed by atoms with E-state index in [2.05, 4.69) is 19.9 Å². The van der Waals surface area contributed by atoms with E-state index < -0.39 is 0 Å². The summed E-state index contributed by atoms with van der Waals surface area (Å²) in [6.07, 6.45) is 2.95. The van der Waals surface area contributed by atoms with Crippen LogP contribution in [0.4, 0.5) is 0 Å². The fraction of sp³-hybridized carbons (Fsp3) is 0.474. The number of thioether (sulfide) groups is 1. The Bertz CT molecular complexity index is 681. The third kappa shape index (κ3) is 3.23. The number of hydrogen-bond donors (Lipinski definition) is 1. The first kappa shape index (κ1) is 17.8. The van der Waals surface area contributed by atoms with Crippen molar-refractivity contribution in [3.63, 3.8) is 0 Å². The second-order valence-corrected chi connectivity index (χ2v) is 7.03. The lowest BCUT2D eigenvalue weighted by atomic mass is 9.76. The van der Waals surface area contributed by atoms with Crippen molar-refractivity contribution in [2.24, 2.45) is 0 Å². The van der Waals surface area contributed by atoms with E-state index in [4.69, 9.17) is 0 Å². The molecule has 1 aliphatic rings. The zero-order valence-electron chi connectivity index (χ0n) is 14.4. The molecule has 0 radical (unpaired) electrons. The summed E-state index contributed by atoms with van der Waals surface area (Å²) in [6, 6.07) is 2.14. The maximum Gasteiger partial charge on any atom is 0.170 e. The zero-order chi connectivity index (χ0) is 17.3. The van der Waals surface area contributed by atoms with Crippen LogP contribution in [0.5, 0.6) is 0 Å². The van der Waals surface area contributed by atoms with Crippen LogP contribution in [0.15, 0.2) is 22.3 Å². The minimum Gasteiger partial charge on any atom is -0.511 e. The second kappa shape index (κ2) is 6.91. The highest BCUT2D eigenvalue weighted by atomic mass is 32.2. The topological polar surface area (TPSA) is 54.4 Å². The Morgan fingerprint density at radius 1 is 1.17 bits per heavy atom. The summed E-state index contributed by atoms with van der Waals surface area (Å²) < 4.78 is 0. The van der Waals surface area contributed by atoms with Gasteiger partial charge in [0.25, 0.3) is 0 Å². The van der Waals surface area contributed by atoms with Gasteiger partial charge in [0.15, 0.2) is 11.6 Å². The molecule has 0 atom stereocenters. The van der Waals surface area contributed by atoms with Crippen LogP contribution < -0.4 is 0 Å². The molecular weight excluding hydrogens is 308 g/mol. The maximum absolute atomic E-state index is 12.4. The zero-order valence-corrected chi connectivity index (χ0v) is 15.3. The predicted molar refractivity (Wildman–Crippen MR) is 94.4 cm³/mol. The first-order valence-electron chi connectivity index (χ1n) is 7.94. The second-order valence-electron chi connectivity index (χ2n) is 6.21. The Balaban J connectivity index is 2.47. The molecule has 4 heteroatoms. The fourth-order valence-corrected chi connectivity index (χ4v) is 4.50. The average Bonchev–Trinajstić information content (AvgIpc) is 2.46. The number of aryl methyl sites for hydroxylation is 2. The van der Waals surface area contributed by atoms with Crippen molar-refractivity contribution in [1.29, 1.82) is 0 Å². The van der Waals surface area contributed by atoms with Crippen molar-refractivity contribution in [3.05, 3.63) is 39.7 Å². The van der Waals surface area contributed by atoms with Crippen molar-refractivity contribution in [3.8, 4) is 0 Å². The number of allylic oxidation sites excluding steroid dienone is 2. The van der Waals surface area contributed by atoms with E-state index in [0.717, 1.165) is 11.1 Å². The quantitative estimate of drug-likeness (QED) is 0.381. The minimum absolute atomic E-state index is 0.0243. The lowest BCUT2D eigenvalue weighted by molar-refractivity contribution is -0.124. The molecule has 1 N–H and O–H groups in total. The van der Waals surface area contributed by atoms with Crippen molar-refractivity contribution >= 4 is 23.3 Å². The molecule has 0 saturated heterocycles. The minimum atomic E-state index is -0.226. The molecule has 0 heterocycles. The molecule has 2 rings (SSSR count). The summed E-state index contributed by atoms with van der Waals surface area (Å²) in [6.45, 7) is 7.95. The molecule has 0 aromatic heterocycles. The first-order valence-corrected chi connectivity index (χ1v) is 9.17. The molecule has 3 nitrogen and oxygen atoms in total. The van der Waals surface area contributed by atoms with E-state index in [1.165, 1.54) is 16.0 Å². The summed E-state index contributed by atoms with van der Waals surface area (Å²) >= 11 is 1.70. The number of carbonyl (C=O) groups is 2. The lowest BCUT2D eigenvalue weighted by Crippen LogP contribution is -2.27. The molecule has 0 bridgehead atoms. The van der Waals surface area contributed by atoms with Crippen LogP contribution >= 0.6 is 11.8 Å². The van der Waals surface area contributed by atoms with Crippen LogP contribution in [0.3, 0.4) is 0 Å². The van der Waals surface area contributed by atoms with Crippen molar-refractivity contribution < 1.29 is 14.7 Å².